The first kappa shape index (κ1) is 20.3. The first-order chi connectivity index (χ1) is 15.0. The molecular weight excluding hydrogens is 390 g/mol. The number of hydrogen-bond acceptors (Lipinski definition) is 5. The molecule has 4 aromatic rings. The van der Waals surface area contributed by atoms with Crippen LogP contribution in [0.1, 0.15) is 23.9 Å². The van der Waals surface area contributed by atoms with Gasteiger partial charge in [0.25, 0.3) is 5.56 Å². The molecule has 0 unspecified atom stereocenters. The second-order valence-electron chi connectivity index (χ2n) is 7.18. The van der Waals surface area contributed by atoms with Crippen molar-refractivity contribution in [2.24, 2.45) is 5.10 Å². The summed E-state index contributed by atoms with van der Waals surface area (Å²) in [5.74, 6) is 1.89. The molecule has 0 saturated carbocycles. The lowest BCUT2D eigenvalue weighted by atomic mass is 10.1. The molecule has 0 saturated heterocycles. The Morgan fingerprint density at radius 2 is 1.65 bits per heavy atom. The molecule has 6 nitrogen and oxygen atoms in total. The van der Waals surface area contributed by atoms with Crippen LogP contribution < -0.4 is 15.0 Å². The third-order valence-corrected chi connectivity index (χ3v) is 4.97. The second kappa shape index (κ2) is 8.83. The van der Waals surface area contributed by atoms with Gasteiger partial charge >= 0.3 is 0 Å². The van der Waals surface area contributed by atoms with Crippen LogP contribution in [0.2, 0.25) is 0 Å². The summed E-state index contributed by atoms with van der Waals surface area (Å²) in [5.41, 5.74) is 3.09. The number of rotatable bonds is 6. The van der Waals surface area contributed by atoms with Gasteiger partial charge in [-0.2, -0.15) is 9.78 Å². The lowest BCUT2D eigenvalue weighted by Gasteiger charge is -2.12. The molecule has 1 aromatic heterocycles. The number of para-hydroxylation sites is 1. The molecule has 0 aliphatic heterocycles. The van der Waals surface area contributed by atoms with Crippen molar-refractivity contribution < 1.29 is 9.47 Å². The molecule has 0 aliphatic carbocycles. The number of aryl methyl sites for hydroxylation is 1. The van der Waals surface area contributed by atoms with E-state index in [2.05, 4.69) is 10.1 Å². The molecule has 0 atom stereocenters. The van der Waals surface area contributed by atoms with E-state index < -0.39 is 0 Å². The van der Waals surface area contributed by atoms with Crippen LogP contribution in [0.4, 0.5) is 0 Å². The minimum atomic E-state index is -0.235. The fraction of sp³-hybridized carbons (Fsp3) is 0.160. The van der Waals surface area contributed by atoms with E-state index in [-0.39, 0.29) is 12.2 Å². The number of nitrogens with zero attached hydrogens (tertiary/aromatic N) is 3. The Balaban J connectivity index is 1.75. The predicted octanol–water partition coefficient (Wildman–Crippen LogP) is 4.56. The van der Waals surface area contributed by atoms with Crippen LogP contribution in [-0.4, -0.2) is 22.5 Å². The molecule has 4 rings (SSSR count). The van der Waals surface area contributed by atoms with Crippen molar-refractivity contribution in [2.75, 3.05) is 7.11 Å². The van der Waals surface area contributed by atoms with Crippen molar-refractivity contribution in [2.45, 2.75) is 20.5 Å². The Bertz CT molecular complexity index is 1290. The lowest BCUT2D eigenvalue weighted by molar-refractivity contribution is 0.289. The molecule has 0 radical (unpaired) electrons. The standard InChI is InChI=1S/C25H23N3O3/c1-17-8-12-21(13-9-17)31-16-24-26-23-7-5-4-6-22(23)25(29)28(24)27-18(2)19-10-14-20(30-3)15-11-19/h4-15H,16H2,1-3H3. The van der Waals surface area contributed by atoms with Gasteiger partial charge in [0.15, 0.2) is 5.82 Å². The molecular formula is C25H23N3O3. The summed E-state index contributed by atoms with van der Waals surface area (Å²) < 4.78 is 12.4. The summed E-state index contributed by atoms with van der Waals surface area (Å²) in [6, 6.07) is 22.5. The monoisotopic (exact) mass is 413 g/mol. The fourth-order valence-corrected chi connectivity index (χ4v) is 3.19. The van der Waals surface area contributed by atoms with Gasteiger partial charge in [-0.1, -0.05) is 29.8 Å². The second-order valence-corrected chi connectivity index (χ2v) is 7.18. The van der Waals surface area contributed by atoms with Gasteiger partial charge < -0.3 is 9.47 Å². The van der Waals surface area contributed by atoms with Gasteiger partial charge in [-0.05, 0) is 67.9 Å². The largest absolute Gasteiger partial charge is 0.497 e. The third kappa shape index (κ3) is 4.48. The summed E-state index contributed by atoms with van der Waals surface area (Å²) in [4.78, 5) is 17.9. The highest BCUT2D eigenvalue weighted by molar-refractivity contribution is 5.98. The minimum absolute atomic E-state index is 0.114. The zero-order valence-electron chi connectivity index (χ0n) is 17.7. The van der Waals surface area contributed by atoms with Gasteiger partial charge in [0.2, 0.25) is 0 Å². The first-order valence-electron chi connectivity index (χ1n) is 9.95. The maximum atomic E-state index is 13.2. The Kier molecular flexibility index (Phi) is 5.80. The Labute approximate surface area is 180 Å². The predicted molar refractivity (Wildman–Crippen MR) is 122 cm³/mol. The number of benzene rings is 3. The van der Waals surface area contributed by atoms with E-state index in [1.54, 1.807) is 13.2 Å². The van der Waals surface area contributed by atoms with Gasteiger partial charge in [0.1, 0.15) is 18.1 Å². The van der Waals surface area contributed by atoms with Crippen LogP contribution in [0, 0.1) is 6.92 Å². The van der Waals surface area contributed by atoms with Crippen LogP contribution in [0.25, 0.3) is 10.9 Å². The molecule has 0 aliphatic rings. The number of methoxy groups -OCH3 is 1. The van der Waals surface area contributed by atoms with Crippen LogP contribution in [-0.2, 0) is 6.61 Å². The van der Waals surface area contributed by atoms with Crippen molar-refractivity contribution in [1.29, 1.82) is 0 Å². The quantitative estimate of drug-likeness (QED) is 0.435. The van der Waals surface area contributed by atoms with Crippen molar-refractivity contribution in [3.63, 3.8) is 0 Å². The molecule has 0 bridgehead atoms. The van der Waals surface area contributed by atoms with Crippen LogP contribution >= 0.6 is 0 Å². The summed E-state index contributed by atoms with van der Waals surface area (Å²) in [6.45, 7) is 3.99. The highest BCUT2D eigenvalue weighted by atomic mass is 16.5. The first-order valence-corrected chi connectivity index (χ1v) is 9.95. The maximum Gasteiger partial charge on any atom is 0.282 e. The van der Waals surface area contributed by atoms with Crippen LogP contribution in [0.3, 0.4) is 0 Å². The van der Waals surface area contributed by atoms with E-state index in [9.17, 15) is 4.79 Å². The third-order valence-electron chi connectivity index (χ3n) is 4.97. The van der Waals surface area contributed by atoms with Gasteiger partial charge in [0, 0.05) is 0 Å². The van der Waals surface area contributed by atoms with Crippen LogP contribution in [0.15, 0.2) is 82.7 Å². The van der Waals surface area contributed by atoms with Crippen molar-refractivity contribution in [3.8, 4) is 11.5 Å². The molecule has 3 aromatic carbocycles. The zero-order chi connectivity index (χ0) is 21.8. The highest BCUT2D eigenvalue weighted by Gasteiger charge is 2.12. The van der Waals surface area contributed by atoms with Crippen LogP contribution in [0.5, 0.6) is 11.5 Å². The smallest absolute Gasteiger partial charge is 0.282 e. The Hall–Kier alpha value is -3.93. The van der Waals surface area contributed by atoms with Crippen molar-refractivity contribution in [1.82, 2.24) is 9.66 Å². The number of ether oxygens (including phenoxy) is 2. The van der Waals surface area contributed by atoms with E-state index in [4.69, 9.17) is 9.47 Å². The van der Waals surface area contributed by atoms with Gasteiger partial charge in [-0.25, -0.2) is 4.98 Å². The number of fused-ring (bicyclic) bond motifs is 1. The molecule has 0 amide bonds. The molecule has 0 N–H and O–H groups in total. The molecule has 1 heterocycles. The average molecular weight is 413 g/mol. The Morgan fingerprint density at radius 3 is 2.35 bits per heavy atom. The maximum absolute atomic E-state index is 13.2. The minimum Gasteiger partial charge on any atom is -0.497 e. The Morgan fingerprint density at radius 1 is 0.968 bits per heavy atom. The summed E-state index contributed by atoms with van der Waals surface area (Å²) >= 11 is 0. The van der Waals surface area contributed by atoms with E-state index >= 15 is 0 Å². The summed E-state index contributed by atoms with van der Waals surface area (Å²) in [7, 11) is 1.62. The topological polar surface area (TPSA) is 65.7 Å². The van der Waals surface area contributed by atoms with Gasteiger partial charge in [-0.15, -0.1) is 0 Å². The number of aromatic nitrogens is 2. The molecule has 156 valence electrons. The van der Waals surface area contributed by atoms with E-state index in [1.807, 2.05) is 80.6 Å². The molecule has 0 spiro atoms. The molecule has 31 heavy (non-hydrogen) atoms. The average Bonchev–Trinajstić information content (AvgIpc) is 2.81. The van der Waals surface area contributed by atoms with Gasteiger partial charge in [0.05, 0.1) is 23.7 Å². The molecule has 6 heteroatoms. The van der Waals surface area contributed by atoms with E-state index in [0.29, 0.717) is 28.2 Å². The van der Waals surface area contributed by atoms with Gasteiger partial charge in [-0.3, -0.25) is 4.79 Å². The molecule has 0 fully saturated rings. The van der Waals surface area contributed by atoms with Crippen molar-refractivity contribution >= 4 is 16.6 Å². The normalized spacial score (nSPS) is 11.5. The number of hydrogen-bond donors (Lipinski definition) is 0. The van der Waals surface area contributed by atoms with Crippen molar-refractivity contribution in [3.05, 3.63) is 100 Å². The zero-order valence-corrected chi connectivity index (χ0v) is 17.7. The fourth-order valence-electron chi connectivity index (χ4n) is 3.19. The lowest BCUT2D eigenvalue weighted by Crippen LogP contribution is -2.24. The summed E-state index contributed by atoms with van der Waals surface area (Å²) in [5, 5.41) is 5.11. The SMILES string of the molecule is COc1ccc(C(C)=Nn2c(COc3ccc(C)cc3)nc3ccccc3c2=O)cc1. The van der Waals surface area contributed by atoms with E-state index in [0.717, 1.165) is 16.9 Å². The highest BCUT2D eigenvalue weighted by Crippen LogP contribution is 2.16. The summed E-state index contributed by atoms with van der Waals surface area (Å²) in [6.07, 6.45) is 0. The van der Waals surface area contributed by atoms with E-state index in [1.165, 1.54) is 4.68 Å².